The van der Waals surface area contributed by atoms with Crippen LogP contribution in [0.4, 0.5) is 10.8 Å². The predicted molar refractivity (Wildman–Crippen MR) is 107 cm³/mol. The zero-order chi connectivity index (χ0) is 19.7. The maximum Gasteiger partial charge on any atom is 0.327 e. The quantitative estimate of drug-likeness (QED) is 0.671. The molecular formula is C17H18ClN7O2S. The fourth-order valence-electron chi connectivity index (χ4n) is 3.10. The number of anilines is 2. The van der Waals surface area contributed by atoms with Gasteiger partial charge in [0.15, 0.2) is 11.7 Å². The number of carboxylic acid groups (broad SMARTS) is 1. The number of benzene rings is 1. The number of aryl methyl sites for hydroxylation is 1. The fourth-order valence-corrected chi connectivity index (χ4v) is 4.28. The van der Waals surface area contributed by atoms with E-state index < -0.39 is 5.97 Å². The Balaban J connectivity index is 1.41. The highest BCUT2D eigenvalue weighted by Crippen LogP contribution is 2.30. The number of tetrazole rings is 1. The first-order chi connectivity index (χ1) is 13.5. The van der Waals surface area contributed by atoms with Gasteiger partial charge in [-0.2, -0.15) is 4.80 Å². The highest BCUT2D eigenvalue weighted by atomic mass is 35.5. The monoisotopic (exact) mass is 419 g/mol. The number of piperazine rings is 1. The Kier molecular flexibility index (Phi) is 5.14. The summed E-state index contributed by atoms with van der Waals surface area (Å²) in [5, 5.41) is 22.2. The van der Waals surface area contributed by atoms with Crippen LogP contribution in [0.2, 0.25) is 5.02 Å². The van der Waals surface area contributed by atoms with Crippen LogP contribution in [0.25, 0.3) is 10.7 Å². The van der Waals surface area contributed by atoms with Crippen molar-refractivity contribution in [3.8, 4) is 10.7 Å². The minimum atomic E-state index is -1.01. The van der Waals surface area contributed by atoms with Crippen molar-refractivity contribution in [2.45, 2.75) is 13.5 Å². The summed E-state index contributed by atoms with van der Waals surface area (Å²) in [6, 6.07) is 6.10. The van der Waals surface area contributed by atoms with E-state index in [1.807, 2.05) is 19.1 Å². The minimum Gasteiger partial charge on any atom is -0.480 e. The minimum absolute atomic E-state index is 0.316. The van der Waals surface area contributed by atoms with Gasteiger partial charge < -0.3 is 14.9 Å². The smallest absolute Gasteiger partial charge is 0.327 e. The first-order valence-corrected chi connectivity index (χ1v) is 9.90. The third-order valence-electron chi connectivity index (χ3n) is 4.39. The molecule has 0 radical (unpaired) electrons. The molecule has 1 aliphatic rings. The van der Waals surface area contributed by atoms with E-state index in [1.54, 1.807) is 6.20 Å². The number of rotatable bonds is 5. The highest BCUT2D eigenvalue weighted by molar-refractivity contribution is 7.18. The lowest BCUT2D eigenvalue weighted by Crippen LogP contribution is -2.46. The topological polar surface area (TPSA) is 100 Å². The molecule has 3 aromatic rings. The number of halogens is 1. The summed E-state index contributed by atoms with van der Waals surface area (Å²) in [4.78, 5) is 21.6. The van der Waals surface area contributed by atoms with Crippen LogP contribution in [0.3, 0.4) is 0 Å². The second kappa shape index (κ2) is 7.72. The summed E-state index contributed by atoms with van der Waals surface area (Å²) in [6.07, 6.45) is 1.70. The first kappa shape index (κ1) is 18.6. The van der Waals surface area contributed by atoms with E-state index in [4.69, 9.17) is 16.7 Å². The molecule has 146 valence electrons. The Morgan fingerprint density at radius 2 is 1.96 bits per heavy atom. The third kappa shape index (κ3) is 4.07. The molecule has 1 saturated heterocycles. The van der Waals surface area contributed by atoms with E-state index in [1.165, 1.54) is 11.3 Å². The van der Waals surface area contributed by atoms with Crippen molar-refractivity contribution in [1.82, 2.24) is 25.2 Å². The van der Waals surface area contributed by atoms with Crippen LogP contribution >= 0.6 is 22.9 Å². The summed E-state index contributed by atoms with van der Waals surface area (Å²) < 4.78 is 0. The van der Waals surface area contributed by atoms with Gasteiger partial charge >= 0.3 is 5.97 Å². The van der Waals surface area contributed by atoms with Gasteiger partial charge in [-0.05, 0) is 35.9 Å². The van der Waals surface area contributed by atoms with Crippen LogP contribution in [0.15, 0.2) is 24.4 Å². The number of carboxylic acids is 1. The largest absolute Gasteiger partial charge is 0.480 e. The maximum atomic E-state index is 10.7. The molecular weight excluding hydrogens is 402 g/mol. The van der Waals surface area contributed by atoms with Crippen LogP contribution in [0, 0.1) is 6.92 Å². The standard InChI is InChI=1S/C17H18ClN7O2S/c1-11-6-12(18)8-13(7-11)23-2-4-24(5-3-23)17-19-9-14(28-17)16-20-22-25(21-16)10-15(26)27/h6-9H,2-5,10H2,1H3,(H,26,27). The average Bonchev–Trinajstić information content (AvgIpc) is 3.30. The Hall–Kier alpha value is -2.72. The van der Waals surface area contributed by atoms with Crippen LogP contribution in [0.1, 0.15) is 5.56 Å². The van der Waals surface area contributed by atoms with E-state index >= 15 is 0 Å². The molecule has 0 unspecified atom stereocenters. The normalized spacial score (nSPS) is 14.5. The molecule has 1 aromatic carbocycles. The zero-order valence-corrected chi connectivity index (χ0v) is 16.7. The van der Waals surface area contributed by atoms with E-state index in [9.17, 15) is 4.79 Å². The maximum absolute atomic E-state index is 10.7. The van der Waals surface area contributed by atoms with Gasteiger partial charge in [0.25, 0.3) is 0 Å². The van der Waals surface area contributed by atoms with Crippen molar-refractivity contribution >= 4 is 39.7 Å². The van der Waals surface area contributed by atoms with Crippen LogP contribution < -0.4 is 9.80 Å². The zero-order valence-electron chi connectivity index (χ0n) is 15.1. The van der Waals surface area contributed by atoms with Gasteiger partial charge in [-0.3, -0.25) is 4.79 Å². The number of aliphatic carboxylic acids is 1. The number of nitrogens with zero attached hydrogens (tertiary/aromatic N) is 7. The van der Waals surface area contributed by atoms with Gasteiger partial charge in [0.2, 0.25) is 5.82 Å². The first-order valence-electron chi connectivity index (χ1n) is 8.71. The fraction of sp³-hybridized carbons (Fsp3) is 0.353. The van der Waals surface area contributed by atoms with E-state index in [2.05, 4.69) is 36.3 Å². The van der Waals surface area contributed by atoms with E-state index in [-0.39, 0.29) is 6.54 Å². The van der Waals surface area contributed by atoms with Crippen LogP contribution in [-0.2, 0) is 11.3 Å². The van der Waals surface area contributed by atoms with Crippen molar-refractivity contribution in [1.29, 1.82) is 0 Å². The van der Waals surface area contributed by atoms with E-state index in [0.717, 1.165) is 57.3 Å². The molecule has 0 saturated carbocycles. The molecule has 1 aliphatic heterocycles. The molecule has 0 atom stereocenters. The summed E-state index contributed by atoms with van der Waals surface area (Å²) in [5.74, 6) is -0.625. The molecule has 0 bridgehead atoms. The summed E-state index contributed by atoms with van der Waals surface area (Å²) in [5.41, 5.74) is 2.29. The Morgan fingerprint density at radius 3 is 2.68 bits per heavy atom. The SMILES string of the molecule is Cc1cc(Cl)cc(N2CCN(c3ncc(-c4nnn(CC(=O)O)n4)s3)CC2)c1. The Labute approximate surface area is 170 Å². The van der Waals surface area contributed by atoms with Crippen LogP contribution in [0.5, 0.6) is 0 Å². The molecule has 28 heavy (non-hydrogen) atoms. The van der Waals surface area contributed by atoms with Gasteiger partial charge in [0, 0.05) is 36.9 Å². The molecule has 0 aliphatic carbocycles. The highest BCUT2D eigenvalue weighted by Gasteiger charge is 2.21. The molecule has 4 rings (SSSR count). The third-order valence-corrected chi connectivity index (χ3v) is 5.66. The van der Waals surface area contributed by atoms with Crippen molar-refractivity contribution in [2.24, 2.45) is 0 Å². The van der Waals surface area contributed by atoms with Crippen molar-refractivity contribution in [3.05, 3.63) is 35.0 Å². The Bertz CT molecular complexity index is 977. The van der Waals surface area contributed by atoms with Gasteiger partial charge in [0.05, 0.1) is 11.1 Å². The number of hydrogen-bond donors (Lipinski definition) is 1. The second-order valence-corrected chi connectivity index (χ2v) is 7.95. The van der Waals surface area contributed by atoms with Crippen molar-refractivity contribution < 1.29 is 9.90 Å². The van der Waals surface area contributed by atoms with Crippen molar-refractivity contribution in [2.75, 3.05) is 36.0 Å². The predicted octanol–water partition coefficient (Wildman–Crippen LogP) is 2.17. The molecule has 1 N–H and O–H groups in total. The number of aromatic nitrogens is 5. The number of carbonyl (C=O) groups is 1. The summed E-state index contributed by atoms with van der Waals surface area (Å²) >= 11 is 7.66. The summed E-state index contributed by atoms with van der Waals surface area (Å²) in [6.45, 7) is 5.17. The molecule has 11 heteroatoms. The van der Waals surface area contributed by atoms with Crippen LogP contribution in [-0.4, -0.2) is 62.4 Å². The lowest BCUT2D eigenvalue weighted by molar-refractivity contribution is -0.138. The number of thiazole rings is 1. The average molecular weight is 420 g/mol. The van der Waals surface area contributed by atoms with Crippen molar-refractivity contribution in [3.63, 3.8) is 0 Å². The van der Waals surface area contributed by atoms with Gasteiger partial charge in [-0.15, -0.1) is 10.2 Å². The lowest BCUT2D eigenvalue weighted by Gasteiger charge is -2.36. The lowest BCUT2D eigenvalue weighted by atomic mass is 10.2. The molecule has 3 heterocycles. The van der Waals surface area contributed by atoms with Gasteiger partial charge in [-0.25, -0.2) is 4.98 Å². The molecule has 0 spiro atoms. The molecule has 2 aromatic heterocycles. The van der Waals surface area contributed by atoms with Gasteiger partial charge in [0.1, 0.15) is 0 Å². The molecule has 9 nitrogen and oxygen atoms in total. The van der Waals surface area contributed by atoms with E-state index in [0.29, 0.717) is 5.82 Å². The second-order valence-electron chi connectivity index (χ2n) is 6.51. The Morgan fingerprint density at radius 1 is 1.21 bits per heavy atom. The number of hydrogen-bond acceptors (Lipinski definition) is 8. The summed E-state index contributed by atoms with van der Waals surface area (Å²) in [7, 11) is 0. The molecule has 1 fully saturated rings. The van der Waals surface area contributed by atoms with Gasteiger partial charge in [-0.1, -0.05) is 22.9 Å². The molecule has 0 amide bonds.